The zero-order valence-electron chi connectivity index (χ0n) is 18.7. The van der Waals surface area contributed by atoms with Crippen LogP contribution in [0.4, 0.5) is 4.39 Å². The molecular weight excluding hydrogens is 419 g/mol. The summed E-state index contributed by atoms with van der Waals surface area (Å²) >= 11 is 0. The van der Waals surface area contributed by atoms with Crippen molar-refractivity contribution in [1.82, 2.24) is 24.0 Å². The van der Waals surface area contributed by atoms with Crippen LogP contribution in [0.15, 0.2) is 36.4 Å². The molecule has 1 aromatic carbocycles. The van der Waals surface area contributed by atoms with Crippen molar-refractivity contribution >= 4 is 28.0 Å². The first-order chi connectivity index (χ1) is 16.0. The van der Waals surface area contributed by atoms with E-state index >= 15 is 0 Å². The molecule has 1 amide bonds. The van der Waals surface area contributed by atoms with Crippen LogP contribution in [0.3, 0.4) is 0 Å². The molecule has 2 aliphatic rings. The Labute approximate surface area is 191 Å². The number of aryl methyl sites for hydroxylation is 1. The smallest absolute Gasteiger partial charge is 0.255 e. The van der Waals surface area contributed by atoms with Crippen molar-refractivity contribution < 1.29 is 9.18 Å². The number of carbonyl (C=O) groups is 1. The van der Waals surface area contributed by atoms with E-state index in [1.165, 1.54) is 23.7 Å². The number of imidazole rings is 1. The fourth-order valence-electron chi connectivity index (χ4n) is 4.92. The third kappa shape index (κ3) is 3.40. The molecule has 1 atom stereocenters. The van der Waals surface area contributed by atoms with Gasteiger partial charge in [-0.3, -0.25) is 4.79 Å². The second-order valence-electron chi connectivity index (χ2n) is 9.38. The number of aromatic nitrogens is 4. The van der Waals surface area contributed by atoms with Gasteiger partial charge in [0.05, 0.1) is 23.0 Å². The third-order valence-electron chi connectivity index (χ3n) is 6.89. The Morgan fingerprint density at radius 3 is 2.82 bits per heavy atom. The lowest BCUT2D eigenvalue weighted by atomic mass is 10.0. The first-order valence-corrected chi connectivity index (χ1v) is 11.6. The zero-order valence-corrected chi connectivity index (χ0v) is 18.7. The summed E-state index contributed by atoms with van der Waals surface area (Å²) < 4.78 is 17.3. The zero-order chi connectivity index (χ0) is 22.7. The van der Waals surface area contributed by atoms with Gasteiger partial charge in [0, 0.05) is 44.0 Å². The van der Waals surface area contributed by atoms with Gasteiger partial charge in [0.15, 0.2) is 11.5 Å². The van der Waals surface area contributed by atoms with Crippen molar-refractivity contribution in [1.29, 1.82) is 0 Å². The standard InChI is InChI=1S/C25H27FN6O/c1-30-23-20(11-18-19(28-23)8-9-31(25(18)33)14-17(27)12-26)29-24(30)22-10-16-4-2-3-5-21(16)32(22)13-15-6-7-15/h2-5,10-11,15,17H,6-9,12-14,27H2,1H3/t17-/m1/s1. The number of alkyl halides is 1. The number of hydrogen-bond acceptors (Lipinski definition) is 4. The van der Waals surface area contributed by atoms with Crippen LogP contribution in [0.1, 0.15) is 28.9 Å². The number of fused-ring (bicyclic) bond motifs is 3. The maximum Gasteiger partial charge on any atom is 0.255 e. The Morgan fingerprint density at radius 2 is 2.03 bits per heavy atom. The van der Waals surface area contributed by atoms with Gasteiger partial charge in [-0.2, -0.15) is 0 Å². The van der Waals surface area contributed by atoms with Crippen LogP contribution >= 0.6 is 0 Å². The Hall–Kier alpha value is -3.26. The van der Waals surface area contributed by atoms with Crippen molar-refractivity contribution in [2.45, 2.75) is 31.8 Å². The van der Waals surface area contributed by atoms with Gasteiger partial charge < -0.3 is 19.8 Å². The summed E-state index contributed by atoms with van der Waals surface area (Å²) in [6, 6.07) is 11.8. The molecular formula is C25H27FN6O. The number of amides is 1. The summed E-state index contributed by atoms with van der Waals surface area (Å²) in [6.45, 7) is 1.05. The van der Waals surface area contributed by atoms with Crippen LogP contribution < -0.4 is 5.73 Å². The van der Waals surface area contributed by atoms with Crippen molar-refractivity contribution in [3.63, 3.8) is 0 Å². The molecule has 0 unspecified atom stereocenters. The Balaban J connectivity index is 1.45. The average Bonchev–Trinajstić information content (AvgIpc) is 3.50. The van der Waals surface area contributed by atoms with Crippen molar-refractivity contribution in [2.75, 3.05) is 19.8 Å². The highest BCUT2D eigenvalue weighted by Gasteiger charge is 2.29. The number of para-hydroxylation sites is 1. The number of hydrogen-bond donors (Lipinski definition) is 1. The molecule has 1 fully saturated rings. The number of benzene rings is 1. The normalized spacial score (nSPS) is 17.2. The highest BCUT2D eigenvalue weighted by atomic mass is 19.1. The molecule has 4 aromatic rings. The number of halogens is 1. The van der Waals surface area contributed by atoms with Crippen LogP contribution in [0.25, 0.3) is 33.6 Å². The van der Waals surface area contributed by atoms with Crippen LogP contribution in [0.5, 0.6) is 0 Å². The minimum Gasteiger partial charge on any atom is -0.338 e. The van der Waals surface area contributed by atoms with Crippen molar-refractivity contribution in [3.8, 4) is 11.5 Å². The van der Waals surface area contributed by atoms with E-state index in [2.05, 4.69) is 34.9 Å². The average molecular weight is 447 g/mol. The Morgan fingerprint density at radius 1 is 1.21 bits per heavy atom. The molecule has 8 heteroatoms. The molecule has 2 N–H and O–H groups in total. The summed E-state index contributed by atoms with van der Waals surface area (Å²) in [7, 11) is 1.99. The van der Waals surface area contributed by atoms with E-state index in [0.717, 1.165) is 35.3 Å². The SMILES string of the molecule is Cn1c(-c2cc3ccccc3n2CC2CC2)nc2cc3c(nc21)CCN(C[C@H](N)CF)C3=O. The van der Waals surface area contributed by atoms with Crippen molar-refractivity contribution in [3.05, 3.63) is 47.7 Å². The van der Waals surface area contributed by atoms with Gasteiger partial charge >= 0.3 is 0 Å². The summed E-state index contributed by atoms with van der Waals surface area (Å²) in [5, 5.41) is 1.20. The van der Waals surface area contributed by atoms with E-state index in [1.54, 1.807) is 4.90 Å². The molecule has 4 heterocycles. The van der Waals surface area contributed by atoms with Gasteiger partial charge in [0.1, 0.15) is 12.2 Å². The number of carbonyl (C=O) groups excluding carboxylic acids is 1. The van der Waals surface area contributed by atoms with E-state index in [-0.39, 0.29) is 12.5 Å². The minimum atomic E-state index is -0.665. The van der Waals surface area contributed by atoms with Gasteiger partial charge in [-0.1, -0.05) is 18.2 Å². The second kappa shape index (κ2) is 7.66. The van der Waals surface area contributed by atoms with E-state index in [1.807, 2.05) is 17.7 Å². The highest BCUT2D eigenvalue weighted by molar-refractivity contribution is 5.99. The lowest BCUT2D eigenvalue weighted by molar-refractivity contribution is 0.0723. The lowest BCUT2D eigenvalue weighted by Gasteiger charge is -2.29. The summed E-state index contributed by atoms with van der Waals surface area (Å²) in [6.07, 6.45) is 3.17. The molecule has 0 saturated heterocycles. The van der Waals surface area contributed by atoms with E-state index < -0.39 is 12.7 Å². The Bertz CT molecular complexity index is 1380. The number of rotatable bonds is 6. The predicted octanol–water partition coefficient (Wildman–Crippen LogP) is 3.30. The van der Waals surface area contributed by atoms with E-state index in [9.17, 15) is 9.18 Å². The van der Waals surface area contributed by atoms with Crippen LogP contribution in [0, 0.1) is 5.92 Å². The monoisotopic (exact) mass is 446 g/mol. The van der Waals surface area contributed by atoms with Crippen LogP contribution in [0.2, 0.25) is 0 Å². The fraction of sp³-hybridized carbons (Fsp3) is 0.400. The van der Waals surface area contributed by atoms with Gasteiger partial charge in [-0.05, 0) is 37.0 Å². The first-order valence-electron chi connectivity index (χ1n) is 11.6. The van der Waals surface area contributed by atoms with Gasteiger partial charge in [0.2, 0.25) is 0 Å². The molecule has 0 radical (unpaired) electrons. The molecule has 1 aliphatic carbocycles. The number of nitrogens with zero attached hydrogens (tertiary/aromatic N) is 5. The minimum absolute atomic E-state index is 0.149. The quantitative estimate of drug-likeness (QED) is 0.493. The summed E-state index contributed by atoms with van der Waals surface area (Å²) in [4.78, 5) is 24.4. The Kier molecular flexibility index (Phi) is 4.72. The summed E-state index contributed by atoms with van der Waals surface area (Å²) in [5.41, 5.74) is 10.8. The molecule has 6 rings (SSSR count). The van der Waals surface area contributed by atoms with E-state index in [4.69, 9.17) is 15.7 Å². The topological polar surface area (TPSA) is 82.0 Å². The number of nitrogens with two attached hydrogens (primary N) is 1. The summed E-state index contributed by atoms with van der Waals surface area (Å²) in [5.74, 6) is 1.42. The fourth-order valence-corrected chi connectivity index (χ4v) is 4.92. The van der Waals surface area contributed by atoms with E-state index in [0.29, 0.717) is 24.0 Å². The first kappa shape index (κ1) is 20.4. The van der Waals surface area contributed by atoms with Crippen LogP contribution in [-0.2, 0) is 20.0 Å². The highest BCUT2D eigenvalue weighted by Crippen LogP contribution is 2.36. The maximum absolute atomic E-state index is 13.0. The molecule has 170 valence electrons. The molecule has 3 aromatic heterocycles. The molecule has 0 spiro atoms. The maximum atomic E-state index is 13.0. The molecule has 1 saturated carbocycles. The van der Waals surface area contributed by atoms with Crippen LogP contribution in [-0.4, -0.2) is 55.7 Å². The molecule has 7 nitrogen and oxygen atoms in total. The molecule has 33 heavy (non-hydrogen) atoms. The lowest BCUT2D eigenvalue weighted by Crippen LogP contribution is -2.45. The molecule has 0 bridgehead atoms. The van der Waals surface area contributed by atoms with Crippen molar-refractivity contribution in [2.24, 2.45) is 18.7 Å². The van der Waals surface area contributed by atoms with Gasteiger partial charge in [0.25, 0.3) is 5.91 Å². The second-order valence-corrected chi connectivity index (χ2v) is 9.38. The van der Waals surface area contributed by atoms with Gasteiger partial charge in [-0.15, -0.1) is 0 Å². The predicted molar refractivity (Wildman–Crippen MR) is 126 cm³/mol. The third-order valence-corrected chi connectivity index (χ3v) is 6.89. The molecule has 1 aliphatic heterocycles. The van der Waals surface area contributed by atoms with Gasteiger partial charge in [-0.25, -0.2) is 14.4 Å². The number of pyridine rings is 1. The largest absolute Gasteiger partial charge is 0.338 e.